The molecule has 6 nitrogen and oxygen atoms in total. The Morgan fingerprint density at radius 2 is 2.38 bits per heavy atom. The van der Waals surface area contributed by atoms with Crippen molar-refractivity contribution in [3.63, 3.8) is 0 Å². The predicted octanol–water partition coefficient (Wildman–Crippen LogP) is 0.888. The van der Waals surface area contributed by atoms with Crippen molar-refractivity contribution in [3.8, 4) is 0 Å². The molecule has 0 unspecified atom stereocenters. The minimum atomic E-state index is 0.522. The van der Waals surface area contributed by atoms with Gasteiger partial charge in [0.2, 0.25) is 5.89 Å². The van der Waals surface area contributed by atoms with Gasteiger partial charge in [0.05, 0.1) is 18.7 Å². The molecule has 0 saturated heterocycles. The van der Waals surface area contributed by atoms with Gasteiger partial charge in [0.15, 0.2) is 11.0 Å². The Kier molecular flexibility index (Phi) is 3.47. The largest absolute Gasteiger partial charge is 0.384 e. The van der Waals surface area contributed by atoms with E-state index in [9.17, 15) is 0 Å². The lowest BCUT2D eigenvalue weighted by molar-refractivity contribution is 0.199. The maximum atomic E-state index is 5.53. The summed E-state index contributed by atoms with van der Waals surface area (Å²) in [6.07, 6.45) is 1.17. The van der Waals surface area contributed by atoms with Crippen molar-refractivity contribution in [2.45, 2.75) is 12.8 Å². The number of nitrogen functional groups attached to an aromatic ring is 1. The van der Waals surface area contributed by atoms with E-state index in [4.69, 9.17) is 15.0 Å². The first-order valence-corrected chi connectivity index (χ1v) is 5.66. The van der Waals surface area contributed by atoms with Crippen LogP contribution in [0.5, 0.6) is 0 Å². The summed E-state index contributed by atoms with van der Waals surface area (Å²) in [6.45, 7) is 0.586. The summed E-state index contributed by atoms with van der Waals surface area (Å²) in [4.78, 5) is 8.34. The Labute approximate surface area is 96.4 Å². The molecule has 7 heteroatoms. The highest BCUT2D eigenvalue weighted by Crippen LogP contribution is 2.14. The molecular formula is C9H12N4O2S. The molecule has 0 saturated carbocycles. The highest BCUT2D eigenvalue weighted by molar-refractivity contribution is 7.13. The first kappa shape index (κ1) is 11.0. The zero-order valence-corrected chi connectivity index (χ0v) is 9.66. The van der Waals surface area contributed by atoms with Gasteiger partial charge in [-0.25, -0.2) is 4.98 Å². The van der Waals surface area contributed by atoms with Gasteiger partial charge in [-0.2, -0.15) is 4.98 Å². The van der Waals surface area contributed by atoms with Crippen LogP contribution in [0.25, 0.3) is 0 Å². The third-order valence-corrected chi connectivity index (χ3v) is 2.66. The molecule has 2 heterocycles. The standard InChI is InChI=1S/C9H12N4O2S/c1-14-3-2-7-12-8(15-13-7)4-6-5-16-9(10)11-6/h5H,2-4H2,1H3,(H2,10,11). The molecule has 0 aliphatic carbocycles. The van der Waals surface area contributed by atoms with Gasteiger partial charge in [-0.05, 0) is 0 Å². The summed E-state index contributed by atoms with van der Waals surface area (Å²) in [5.74, 6) is 1.21. The lowest BCUT2D eigenvalue weighted by Crippen LogP contribution is -1.97. The fourth-order valence-electron chi connectivity index (χ4n) is 1.22. The van der Waals surface area contributed by atoms with Gasteiger partial charge in [0.25, 0.3) is 0 Å². The summed E-state index contributed by atoms with van der Waals surface area (Å²) < 4.78 is 10.0. The van der Waals surface area contributed by atoms with E-state index in [2.05, 4.69) is 15.1 Å². The van der Waals surface area contributed by atoms with E-state index in [0.717, 1.165) is 5.69 Å². The maximum Gasteiger partial charge on any atom is 0.232 e. The van der Waals surface area contributed by atoms with Gasteiger partial charge >= 0.3 is 0 Å². The summed E-state index contributed by atoms with van der Waals surface area (Å²) in [5, 5.41) is 6.27. The quantitative estimate of drug-likeness (QED) is 0.835. The third kappa shape index (κ3) is 2.77. The number of anilines is 1. The fraction of sp³-hybridized carbons (Fsp3) is 0.444. The fourth-order valence-corrected chi connectivity index (χ4v) is 1.78. The summed E-state index contributed by atoms with van der Waals surface area (Å²) in [5.41, 5.74) is 6.38. The molecule has 2 N–H and O–H groups in total. The molecule has 16 heavy (non-hydrogen) atoms. The highest BCUT2D eigenvalue weighted by atomic mass is 32.1. The predicted molar refractivity (Wildman–Crippen MR) is 59.2 cm³/mol. The molecule has 0 radical (unpaired) electrons. The van der Waals surface area contributed by atoms with E-state index in [1.165, 1.54) is 11.3 Å². The van der Waals surface area contributed by atoms with E-state index >= 15 is 0 Å². The minimum Gasteiger partial charge on any atom is -0.384 e. The molecule has 0 fully saturated rings. The number of methoxy groups -OCH3 is 1. The zero-order chi connectivity index (χ0) is 11.4. The van der Waals surface area contributed by atoms with E-state index in [0.29, 0.717) is 36.3 Å². The van der Waals surface area contributed by atoms with Crippen LogP contribution in [0.1, 0.15) is 17.4 Å². The summed E-state index contributed by atoms with van der Waals surface area (Å²) >= 11 is 1.40. The van der Waals surface area contributed by atoms with E-state index in [-0.39, 0.29) is 0 Å². The first-order chi connectivity index (χ1) is 7.78. The molecule has 0 atom stereocenters. The molecular weight excluding hydrogens is 228 g/mol. The molecule has 0 bridgehead atoms. The minimum absolute atomic E-state index is 0.522. The van der Waals surface area contributed by atoms with Crippen molar-refractivity contribution in [3.05, 3.63) is 22.8 Å². The number of hydrogen-bond donors (Lipinski definition) is 1. The Morgan fingerprint density at radius 1 is 1.50 bits per heavy atom. The molecule has 2 rings (SSSR count). The first-order valence-electron chi connectivity index (χ1n) is 4.78. The second-order valence-electron chi connectivity index (χ2n) is 3.20. The maximum absolute atomic E-state index is 5.53. The Bertz CT molecular complexity index is 454. The number of nitrogens with zero attached hydrogens (tertiary/aromatic N) is 3. The van der Waals surface area contributed by atoms with Crippen LogP contribution in [-0.2, 0) is 17.6 Å². The average Bonchev–Trinajstić information content (AvgIpc) is 2.86. The smallest absolute Gasteiger partial charge is 0.232 e. The number of hydrogen-bond acceptors (Lipinski definition) is 7. The molecule has 0 spiro atoms. The van der Waals surface area contributed by atoms with Crippen LogP contribution < -0.4 is 5.73 Å². The number of ether oxygens (including phenoxy) is 1. The van der Waals surface area contributed by atoms with Crippen LogP contribution in [0.3, 0.4) is 0 Å². The lowest BCUT2D eigenvalue weighted by Gasteiger charge is -1.90. The number of rotatable bonds is 5. The van der Waals surface area contributed by atoms with Crippen molar-refractivity contribution in [2.75, 3.05) is 19.5 Å². The topological polar surface area (TPSA) is 87.1 Å². The second-order valence-corrected chi connectivity index (χ2v) is 4.09. The summed E-state index contributed by atoms with van der Waals surface area (Å²) in [6, 6.07) is 0. The second kappa shape index (κ2) is 5.04. The van der Waals surface area contributed by atoms with Gasteiger partial charge < -0.3 is 15.0 Å². The van der Waals surface area contributed by atoms with Crippen molar-refractivity contribution < 1.29 is 9.26 Å². The molecule has 0 aliphatic heterocycles. The van der Waals surface area contributed by atoms with Crippen molar-refractivity contribution in [1.29, 1.82) is 0 Å². The van der Waals surface area contributed by atoms with Gasteiger partial charge in [-0.1, -0.05) is 5.16 Å². The van der Waals surface area contributed by atoms with E-state index < -0.39 is 0 Å². The van der Waals surface area contributed by atoms with Crippen LogP contribution in [-0.4, -0.2) is 28.8 Å². The van der Waals surface area contributed by atoms with Gasteiger partial charge in [0, 0.05) is 18.9 Å². The Balaban J connectivity index is 1.97. The molecule has 2 aromatic rings. The molecule has 0 amide bonds. The van der Waals surface area contributed by atoms with Crippen LogP contribution >= 0.6 is 11.3 Å². The van der Waals surface area contributed by atoms with Crippen molar-refractivity contribution >= 4 is 16.5 Å². The number of aromatic nitrogens is 3. The van der Waals surface area contributed by atoms with Crippen molar-refractivity contribution in [2.24, 2.45) is 0 Å². The van der Waals surface area contributed by atoms with E-state index in [1.807, 2.05) is 5.38 Å². The van der Waals surface area contributed by atoms with Crippen LogP contribution in [0.2, 0.25) is 0 Å². The number of nitrogens with two attached hydrogens (primary N) is 1. The van der Waals surface area contributed by atoms with Crippen LogP contribution in [0.15, 0.2) is 9.90 Å². The number of thiazole rings is 1. The summed E-state index contributed by atoms with van der Waals surface area (Å²) in [7, 11) is 1.64. The average molecular weight is 240 g/mol. The van der Waals surface area contributed by atoms with Crippen LogP contribution in [0, 0.1) is 0 Å². The molecule has 0 aliphatic rings. The molecule has 2 aromatic heterocycles. The normalized spacial score (nSPS) is 10.8. The Morgan fingerprint density at radius 3 is 3.06 bits per heavy atom. The monoisotopic (exact) mass is 240 g/mol. The highest BCUT2D eigenvalue weighted by Gasteiger charge is 2.08. The molecule has 0 aromatic carbocycles. The SMILES string of the molecule is COCCc1noc(Cc2csc(N)n2)n1. The van der Waals surface area contributed by atoms with Crippen LogP contribution in [0.4, 0.5) is 5.13 Å². The lowest BCUT2D eigenvalue weighted by atomic mass is 10.3. The Hall–Kier alpha value is -1.47. The third-order valence-electron chi connectivity index (χ3n) is 1.94. The van der Waals surface area contributed by atoms with Gasteiger partial charge in [0.1, 0.15) is 0 Å². The molecule has 86 valence electrons. The van der Waals surface area contributed by atoms with Gasteiger partial charge in [-0.15, -0.1) is 11.3 Å². The zero-order valence-electron chi connectivity index (χ0n) is 8.84. The van der Waals surface area contributed by atoms with E-state index in [1.54, 1.807) is 7.11 Å². The van der Waals surface area contributed by atoms with Gasteiger partial charge in [-0.3, -0.25) is 0 Å². The van der Waals surface area contributed by atoms with Crippen molar-refractivity contribution in [1.82, 2.24) is 15.1 Å².